The fourth-order valence-electron chi connectivity index (χ4n) is 3.05. The van der Waals surface area contributed by atoms with Crippen LogP contribution in [0.3, 0.4) is 0 Å². The Morgan fingerprint density at radius 3 is 2.52 bits per heavy atom. The summed E-state index contributed by atoms with van der Waals surface area (Å²) in [5.74, 6) is 2.43. The highest BCUT2D eigenvalue weighted by Gasteiger charge is 2.25. The summed E-state index contributed by atoms with van der Waals surface area (Å²) in [6.07, 6.45) is 8.82. The largest absolute Gasteiger partial charge is 0.488 e. The van der Waals surface area contributed by atoms with Crippen LogP contribution in [-0.4, -0.2) is 33.8 Å². The molecule has 0 spiro atoms. The van der Waals surface area contributed by atoms with E-state index in [0.717, 1.165) is 25.0 Å². The normalized spacial score (nSPS) is 21.8. The van der Waals surface area contributed by atoms with E-state index in [9.17, 15) is 5.11 Å². The summed E-state index contributed by atoms with van der Waals surface area (Å²) in [6.45, 7) is 8.53. The van der Waals surface area contributed by atoms with Gasteiger partial charge in [0.1, 0.15) is 0 Å². The Hall–Kier alpha value is -1.62. The minimum absolute atomic E-state index is 0.0568. The lowest BCUT2D eigenvalue weighted by Gasteiger charge is -2.27. The molecule has 1 aromatic heterocycles. The number of hydrogen-bond donors (Lipinski definition) is 2. The fraction of sp³-hybridized carbons (Fsp3) is 0.667. The lowest BCUT2D eigenvalue weighted by Crippen LogP contribution is -2.38. The van der Waals surface area contributed by atoms with Crippen molar-refractivity contribution in [3.8, 4) is 5.75 Å². The Bertz CT molecular complexity index is 512. The maximum Gasteiger partial charge on any atom is 0.175 e. The van der Waals surface area contributed by atoms with Crippen LogP contribution in [0.15, 0.2) is 18.5 Å². The second kappa shape index (κ2) is 8.29. The van der Waals surface area contributed by atoms with Gasteiger partial charge in [-0.1, -0.05) is 19.9 Å². The fourth-order valence-corrected chi connectivity index (χ4v) is 3.05. The Balaban J connectivity index is 2.09. The number of aromatic nitrogens is 2. The van der Waals surface area contributed by atoms with Gasteiger partial charge in [-0.25, -0.2) is 9.97 Å². The number of aliphatic hydroxyl groups is 1. The van der Waals surface area contributed by atoms with Crippen molar-refractivity contribution in [2.24, 2.45) is 11.8 Å². The van der Waals surface area contributed by atoms with Crippen LogP contribution in [0.25, 0.3) is 5.70 Å². The molecule has 0 bridgehead atoms. The number of nitrogens with zero attached hydrogens (tertiary/aromatic N) is 2. The van der Waals surface area contributed by atoms with Gasteiger partial charge in [0, 0.05) is 0 Å². The summed E-state index contributed by atoms with van der Waals surface area (Å²) in [4.78, 5) is 8.81. The van der Waals surface area contributed by atoms with Crippen LogP contribution in [0.2, 0.25) is 0 Å². The van der Waals surface area contributed by atoms with Crippen LogP contribution < -0.4 is 10.1 Å². The molecule has 2 rings (SSSR count). The topological polar surface area (TPSA) is 67.3 Å². The summed E-state index contributed by atoms with van der Waals surface area (Å²) in [5.41, 5.74) is 0.909. The van der Waals surface area contributed by atoms with Gasteiger partial charge in [-0.15, -0.1) is 0 Å². The average molecular weight is 319 g/mol. The molecule has 5 nitrogen and oxygen atoms in total. The second-order valence-corrected chi connectivity index (χ2v) is 6.93. The van der Waals surface area contributed by atoms with E-state index in [4.69, 9.17) is 4.74 Å². The smallest absolute Gasteiger partial charge is 0.175 e. The van der Waals surface area contributed by atoms with Crippen LogP contribution in [0, 0.1) is 11.8 Å². The first-order valence-electron chi connectivity index (χ1n) is 8.56. The summed E-state index contributed by atoms with van der Waals surface area (Å²) in [7, 11) is 0. The van der Waals surface area contributed by atoms with Crippen molar-refractivity contribution >= 4 is 5.70 Å². The van der Waals surface area contributed by atoms with Crippen molar-refractivity contribution in [1.29, 1.82) is 0 Å². The molecule has 1 aliphatic rings. The number of rotatable bonds is 6. The Labute approximate surface area is 139 Å². The monoisotopic (exact) mass is 319 g/mol. The third-order valence-corrected chi connectivity index (χ3v) is 4.01. The Morgan fingerprint density at radius 2 is 1.96 bits per heavy atom. The van der Waals surface area contributed by atoms with E-state index in [1.54, 1.807) is 12.4 Å². The van der Waals surface area contributed by atoms with Gasteiger partial charge in [0.15, 0.2) is 11.6 Å². The van der Waals surface area contributed by atoms with E-state index in [0.29, 0.717) is 23.4 Å². The molecule has 0 saturated heterocycles. The molecule has 5 heteroatoms. The standard InChI is InChI=1S/C18H29N3O2/c1-12(2)8-14-6-5-7-16(21-17(14)11-22)18-19-9-15(10-20-18)23-13(3)4/h7,9-10,12-14,17,21-22H,5-6,8,11H2,1-4H3. The maximum absolute atomic E-state index is 9.76. The minimum Gasteiger partial charge on any atom is -0.488 e. The lowest BCUT2D eigenvalue weighted by atomic mass is 9.87. The first kappa shape index (κ1) is 17.7. The summed E-state index contributed by atoms with van der Waals surface area (Å²) in [5, 5.41) is 13.2. The number of ether oxygens (including phenoxy) is 1. The molecule has 0 fully saturated rings. The number of allylic oxidation sites excluding steroid dienone is 1. The molecule has 1 aromatic rings. The Morgan fingerprint density at radius 1 is 1.26 bits per heavy atom. The van der Waals surface area contributed by atoms with Crippen LogP contribution in [0.5, 0.6) is 5.75 Å². The van der Waals surface area contributed by atoms with Gasteiger partial charge in [-0.2, -0.15) is 0 Å². The first-order chi connectivity index (χ1) is 11.0. The predicted molar refractivity (Wildman–Crippen MR) is 92.0 cm³/mol. The van der Waals surface area contributed by atoms with Crippen LogP contribution in [0.1, 0.15) is 52.8 Å². The SMILES string of the molecule is CC(C)CC1CCC=C(c2ncc(OC(C)C)cn2)NC1CO. The second-order valence-electron chi connectivity index (χ2n) is 6.93. The van der Waals surface area contributed by atoms with E-state index >= 15 is 0 Å². The number of nitrogens with one attached hydrogen (secondary N) is 1. The highest BCUT2D eigenvalue weighted by atomic mass is 16.5. The molecule has 2 unspecified atom stereocenters. The summed E-state index contributed by atoms with van der Waals surface area (Å²) in [6, 6.07) is 0.0568. The third-order valence-electron chi connectivity index (χ3n) is 4.01. The van der Waals surface area contributed by atoms with Gasteiger partial charge in [0.25, 0.3) is 0 Å². The predicted octanol–water partition coefficient (Wildman–Crippen LogP) is 3.01. The van der Waals surface area contributed by atoms with Crippen molar-refractivity contribution in [2.75, 3.05) is 6.61 Å². The van der Waals surface area contributed by atoms with E-state index in [1.165, 1.54) is 0 Å². The quantitative estimate of drug-likeness (QED) is 0.843. The molecule has 2 heterocycles. The van der Waals surface area contributed by atoms with Gasteiger partial charge in [0.2, 0.25) is 0 Å². The molecule has 0 aliphatic carbocycles. The average Bonchev–Trinajstić information content (AvgIpc) is 2.69. The molecule has 0 saturated carbocycles. The van der Waals surface area contributed by atoms with Crippen LogP contribution in [0.4, 0.5) is 0 Å². The highest BCUT2D eigenvalue weighted by Crippen LogP contribution is 2.26. The number of hydrogen-bond acceptors (Lipinski definition) is 5. The molecule has 1 aliphatic heterocycles. The molecule has 2 atom stereocenters. The van der Waals surface area contributed by atoms with E-state index in [1.807, 2.05) is 13.8 Å². The molecule has 0 amide bonds. The van der Waals surface area contributed by atoms with Gasteiger partial charge in [-0.3, -0.25) is 0 Å². The van der Waals surface area contributed by atoms with Crippen molar-refractivity contribution in [3.63, 3.8) is 0 Å². The minimum atomic E-state index is 0.0568. The molecular formula is C18H29N3O2. The van der Waals surface area contributed by atoms with Crippen molar-refractivity contribution < 1.29 is 9.84 Å². The van der Waals surface area contributed by atoms with Crippen molar-refractivity contribution in [1.82, 2.24) is 15.3 Å². The molecule has 0 radical (unpaired) electrons. The van der Waals surface area contributed by atoms with Crippen LogP contribution >= 0.6 is 0 Å². The first-order valence-corrected chi connectivity index (χ1v) is 8.56. The highest BCUT2D eigenvalue weighted by molar-refractivity contribution is 5.58. The summed E-state index contributed by atoms with van der Waals surface area (Å²) >= 11 is 0. The van der Waals surface area contributed by atoms with E-state index in [2.05, 4.69) is 35.2 Å². The zero-order valence-electron chi connectivity index (χ0n) is 14.6. The van der Waals surface area contributed by atoms with Crippen molar-refractivity contribution in [3.05, 3.63) is 24.3 Å². The molecule has 0 aromatic carbocycles. The van der Waals surface area contributed by atoms with Gasteiger partial charge in [0.05, 0.1) is 36.8 Å². The lowest BCUT2D eigenvalue weighted by molar-refractivity contribution is 0.193. The van der Waals surface area contributed by atoms with E-state index in [-0.39, 0.29) is 18.8 Å². The third kappa shape index (κ3) is 5.20. The zero-order chi connectivity index (χ0) is 16.8. The van der Waals surface area contributed by atoms with Gasteiger partial charge in [-0.05, 0) is 44.9 Å². The molecular weight excluding hydrogens is 290 g/mol. The molecule has 23 heavy (non-hydrogen) atoms. The molecule has 2 N–H and O–H groups in total. The van der Waals surface area contributed by atoms with Crippen molar-refractivity contribution in [2.45, 2.75) is 59.1 Å². The van der Waals surface area contributed by atoms with Crippen LogP contribution in [-0.2, 0) is 0 Å². The van der Waals surface area contributed by atoms with Gasteiger partial charge < -0.3 is 15.2 Å². The van der Waals surface area contributed by atoms with Gasteiger partial charge >= 0.3 is 0 Å². The maximum atomic E-state index is 9.76. The molecule has 128 valence electrons. The number of aliphatic hydroxyl groups excluding tert-OH is 1. The summed E-state index contributed by atoms with van der Waals surface area (Å²) < 4.78 is 5.58. The zero-order valence-corrected chi connectivity index (χ0v) is 14.6. The van der Waals surface area contributed by atoms with E-state index < -0.39 is 0 Å². The Kier molecular flexibility index (Phi) is 6.39.